The van der Waals surface area contributed by atoms with Gasteiger partial charge in [-0.1, -0.05) is 36.4 Å². The number of amides is 3. The van der Waals surface area contributed by atoms with Crippen molar-refractivity contribution in [2.75, 3.05) is 10.6 Å². The average molecular weight is 329 g/mol. The summed E-state index contributed by atoms with van der Waals surface area (Å²) < 4.78 is 0. The number of hydrogen-bond donors (Lipinski definition) is 3. The predicted octanol–water partition coefficient (Wildman–Crippen LogP) is 3.82. The fourth-order valence-electron chi connectivity index (χ4n) is 3.02. The van der Waals surface area contributed by atoms with Crippen LogP contribution in [-0.2, 0) is 4.79 Å². The number of urea groups is 1. The van der Waals surface area contributed by atoms with Gasteiger partial charge in [0.05, 0.1) is 0 Å². The van der Waals surface area contributed by atoms with Crippen LogP contribution >= 0.6 is 0 Å². The molecule has 0 atom stereocenters. The molecule has 122 valence electrons. The zero-order chi connectivity index (χ0) is 17.4. The summed E-state index contributed by atoms with van der Waals surface area (Å²) in [5, 5.41) is 7.62. The van der Waals surface area contributed by atoms with Crippen molar-refractivity contribution >= 4 is 45.7 Å². The third-order valence-corrected chi connectivity index (χ3v) is 4.15. The monoisotopic (exact) mass is 329 g/mol. The van der Waals surface area contributed by atoms with Crippen LogP contribution in [0.4, 0.5) is 16.2 Å². The van der Waals surface area contributed by atoms with Crippen LogP contribution in [0.3, 0.4) is 0 Å². The molecule has 0 saturated heterocycles. The Morgan fingerprint density at radius 1 is 1.00 bits per heavy atom. The van der Waals surface area contributed by atoms with Gasteiger partial charge >= 0.3 is 6.03 Å². The summed E-state index contributed by atoms with van der Waals surface area (Å²) in [6, 6.07) is 18.7. The van der Waals surface area contributed by atoms with Crippen LogP contribution in [0.5, 0.6) is 0 Å². The molecule has 0 aromatic heterocycles. The summed E-state index contributed by atoms with van der Waals surface area (Å²) >= 11 is 0. The van der Waals surface area contributed by atoms with E-state index in [1.807, 2.05) is 48.5 Å². The van der Waals surface area contributed by atoms with E-state index in [0.717, 1.165) is 21.9 Å². The Kier molecular flexibility index (Phi) is 3.47. The first-order valence-corrected chi connectivity index (χ1v) is 7.83. The van der Waals surface area contributed by atoms with Gasteiger partial charge < -0.3 is 16.4 Å². The van der Waals surface area contributed by atoms with Crippen LogP contribution in [-0.4, -0.2) is 11.9 Å². The minimum atomic E-state index is -0.641. The van der Waals surface area contributed by atoms with Crippen molar-refractivity contribution in [2.24, 2.45) is 5.73 Å². The van der Waals surface area contributed by atoms with Crippen LogP contribution in [0.1, 0.15) is 11.1 Å². The molecular formula is C20H15N3O2. The van der Waals surface area contributed by atoms with Gasteiger partial charge in [0.25, 0.3) is 5.91 Å². The number of carbonyl (C=O) groups excluding carboxylic acids is 2. The van der Waals surface area contributed by atoms with Gasteiger partial charge in [0, 0.05) is 22.5 Å². The summed E-state index contributed by atoms with van der Waals surface area (Å²) in [6.07, 6.45) is 1.85. The van der Waals surface area contributed by atoms with E-state index in [2.05, 4.69) is 10.6 Å². The van der Waals surface area contributed by atoms with Crippen molar-refractivity contribution in [3.05, 3.63) is 71.8 Å². The number of primary amides is 1. The highest BCUT2D eigenvalue weighted by Gasteiger charge is 2.24. The van der Waals surface area contributed by atoms with E-state index in [9.17, 15) is 9.59 Å². The molecule has 0 bridgehead atoms. The Balaban J connectivity index is 1.78. The Morgan fingerprint density at radius 3 is 2.60 bits per heavy atom. The fourth-order valence-corrected chi connectivity index (χ4v) is 3.02. The third-order valence-electron chi connectivity index (χ3n) is 4.15. The van der Waals surface area contributed by atoms with Crippen molar-refractivity contribution in [3.63, 3.8) is 0 Å². The molecule has 3 aromatic carbocycles. The molecule has 0 spiro atoms. The SMILES string of the molecule is NC(=O)Nc1ccc2c(c1)C(=Cc1ccc3ccccc3c1)C(=O)N2. The first-order valence-electron chi connectivity index (χ1n) is 7.83. The lowest BCUT2D eigenvalue weighted by Crippen LogP contribution is -2.19. The molecule has 3 aromatic rings. The first-order chi connectivity index (χ1) is 12.1. The lowest BCUT2D eigenvalue weighted by atomic mass is 10.0. The maximum Gasteiger partial charge on any atom is 0.316 e. The van der Waals surface area contributed by atoms with Crippen molar-refractivity contribution in [2.45, 2.75) is 0 Å². The van der Waals surface area contributed by atoms with Crippen LogP contribution in [0, 0.1) is 0 Å². The van der Waals surface area contributed by atoms with Crippen LogP contribution < -0.4 is 16.4 Å². The third kappa shape index (κ3) is 2.83. The normalized spacial score (nSPS) is 14.4. The highest BCUT2D eigenvalue weighted by Crippen LogP contribution is 2.35. The van der Waals surface area contributed by atoms with Crippen molar-refractivity contribution in [1.29, 1.82) is 0 Å². The van der Waals surface area contributed by atoms with E-state index < -0.39 is 6.03 Å². The summed E-state index contributed by atoms with van der Waals surface area (Å²) in [6.45, 7) is 0. The quantitative estimate of drug-likeness (QED) is 0.624. The Morgan fingerprint density at radius 2 is 1.80 bits per heavy atom. The molecule has 5 nitrogen and oxygen atoms in total. The summed E-state index contributed by atoms with van der Waals surface area (Å²) in [7, 11) is 0. The minimum Gasteiger partial charge on any atom is -0.351 e. The van der Waals surface area contributed by atoms with E-state index in [1.165, 1.54) is 0 Å². The average Bonchev–Trinajstić information content (AvgIpc) is 2.90. The molecule has 0 aliphatic carbocycles. The molecule has 0 fully saturated rings. The van der Waals surface area contributed by atoms with Gasteiger partial charge in [-0.3, -0.25) is 4.79 Å². The second-order valence-electron chi connectivity index (χ2n) is 5.87. The highest BCUT2D eigenvalue weighted by molar-refractivity contribution is 6.35. The van der Waals surface area contributed by atoms with Gasteiger partial charge in [0.1, 0.15) is 0 Å². The molecule has 4 N–H and O–H groups in total. The minimum absolute atomic E-state index is 0.167. The van der Waals surface area contributed by atoms with Crippen molar-refractivity contribution in [1.82, 2.24) is 0 Å². The van der Waals surface area contributed by atoms with Gasteiger partial charge in [-0.2, -0.15) is 0 Å². The number of carbonyl (C=O) groups is 2. The number of anilines is 2. The number of nitrogens with one attached hydrogen (secondary N) is 2. The van der Waals surface area contributed by atoms with Gasteiger partial charge in [-0.05, 0) is 46.7 Å². The molecular weight excluding hydrogens is 314 g/mol. The smallest absolute Gasteiger partial charge is 0.316 e. The molecule has 1 aliphatic rings. The van der Waals surface area contributed by atoms with Gasteiger partial charge in [0.15, 0.2) is 0 Å². The lowest BCUT2D eigenvalue weighted by molar-refractivity contribution is -0.110. The number of nitrogens with two attached hydrogens (primary N) is 1. The second kappa shape index (κ2) is 5.79. The molecule has 4 rings (SSSR count). The van der Waals surface area contributed by atoms with E-state index in [1.54, 1.807) is 18.2 Å². The van der Waals surface area contributed by atoms with Gasteiger partial charge in [-0.25, -0.2) is 4.79 Å². The number of benzene rings is 3. The van der Waals surface area contributed by atoms with Crippen LogP contribution in [0.15, 0.2) is 60.7 Å². The number of fused-ring (bicyclic) bond motifs is 2. The van der Waals surface area contributed by atoms with Gasteiger partial charge in [-0.15, -0.1) is 0 Å². The molecule has 1 heterocycles. The zero-order valence-corrected chi connectivity index (χ0v) is 13.2. The van der Waals surface area contributed by atoms with E-state index >= 15 is 0 Å². The molecule has 5 heteroatoms. The summed E-state index contributed by atoms with van der Waals surface area (Å²) in [5.74, 6) is -0.167. The maximum atomic E-state index is 12.3. The predicted molar refractivity (Wildman–Crippen MR) is 100 cm³/mol. The van der Waals surface area contributed by atoms with E-state index in [-0.39, 0.29) is 5.91 Å². The first kappa shape index (κ1) is 15.0. The molecule has 0 radical (unpaired) electrons. The Labute approximate surface area is 144 Å². The second-order valence-corrected chi connectivity index (χ2v) is 5.87. The highest BCUT2D eigenvalue weighted by atomic mass is 16.2. The number of rotatable bonds is 2. The van der Waals surface area contributed by atoms with Crippen LogP contribution in [0.2, 0.25) is 0 Å². The molecule has 25 heavy (non-hydrogen) atoms. The summed E-state index contributed by atoms with van der Waals surface area (Å²) in [4.78, 5) is 23.4. The fraction of sp³-hybridized carbons (Fsp3) is 0. The lowest BCUT2D eigenvalue weighted by Gasteiger charge is -2.05. The Hall–Kier alpha value is -3.60. The number of hydrogen-bond acceptors (Lipinski definition) is 2. The van der Waals surface area contributed by atoms with Crippen molar-refractivity contribution in [3.8, 4) is 0 Å². The van der Waals surface area contributed by atoms with Crippen LogP contribution in [0.25, 0.3) is 22.4 Å². The zero-order valence-electron chi connectivity index (χ0n) is 13.2. The Bertz CT molecular complexity index is 1050. The van der Waals surface area contributed by atoms with E-state index in [4.69, 9.17) is 5.73 Å². The standard InChI is InChI=1S/C20H15N3O2/c21-20(25)22-15-7-8-18-16(11-15)17(19(24)23-18)10-12-5-6-13-3-1-2-4-14(13)9-12/h1-11H,(H,23,24)(H3,21,22,25). The topological polar surface area (TPSA) is 84.2 Å². The van der Waals surface area contributed by atoms with Crippen molar-refractivity contribution < 1.29 is 9.59 Å². The molecule has 0 saturated carbocycles. The molecule has 1 aliphatic heterocycles. The van der Waals surface area contributed by atoms with E-state index in [0.29, 0.717) is 16.9 Å². The maximum absolute atomic E-state index is 12.3. The summed E-state index contributed by atoms with van der Waals surface area (Å²) in [5.41, 5.74) is 8.65. The molecule has 0 unspecified atom stereocenters. The largest absolute Gasteiger partial charge is 0.351 e. The van der Waals surface area contributed by atoms with Gasteiger partial charge in [0.2, 0.25) is 0 Å². The molecule has 3 amide bonds.